The summed E-state index contributed by atoms with van der Waals surface area (Å²) in [6, 6.07) is 5.12. The minimum atomic E-state index is -3.15. The number of ether oxygens (including phenoxy) is 1. The van der Waals surface area contributed by atoms with Gasteiger partial charge >= 0.3 is 0 Å². The van der Waals surface area contributed by atoms with Crippen molar-refractivity contribution < 1.29 is 17.5 Å². The molecule has 0 amide bonds. The third kappa shape index (κ3) is 4.99. The fourth-order valence-corrected chi connectivity index (χ4v) is 6.12. The molecule has 0 unspecified atom stereocenters. The maximum absolute atomic E-state index is 13.7. The van der Waals surface area contributed by atoms with Gasteiger partial charge in [-0.1, -0.05) is 0 Å². The Morgan fingerprint density at radius 1 is 1.09 bits per heavy atom. The number of thiophene rings is 1. The lowest BCUT2D eigenvalue weighted by Crippen LogP contribution is -2.47. The molecule has 2 fully saturated rings. The molecule has 9 nitrogen and oxygen atoms in total. The van der Waals surface area contributed by atoms with Crippen LogP contribution in [-0.2, 0) is 21.3 Å². The van der Waals surface area contributed by atoms with E-state index >= 15 is 0 Å². The molecule has 3 aromatic rings. The molecule has 176 valence electrons. The quantitative estimate of drug-likeness (QED) is 0.498. The fourth-order valence-electron chi connectivity index (χ4n) is 4.14. The number of rotatable bonds is 5. The molecule has 0 N–H and O–H groups in total. The maximum atomic E-state index is 13.7. The third-order valence-electron chi connectivity index (χ3n) is 5.88. The largest absolute Gasteiger partial charge is 0.378 e. The van der Waals surface area contributed by atoms with E-state index in [1.165, 1.54) is 22.8 Å². The average molecular weight is 493 g/mol. The SMILES string of the molecule is CS(=O)(=O)N1CCN(Cc2cc3nc(-c4ccnc(F)c4)nc(N4CCOCC4)c3s2)CC1. The monoisotopic (exact) mass is 492 g/mol. The second-order valence-electron chi connectivity index (χ2n) is 8.20. The molecule has 12 heteroatoms. The van der Waals surface area contributed by atoms with Gasteiger partial charge in [0.15, 0.2) is 11.6 Å². The van der Waals surface area contributed by atoms with E-state index in [1.807, 2.05) is 0 Å². The van der Waals surface area contributed by atoms with Crippen LogP contribution in [0.4, 0.5) is 10.2 Å². The molecular formula is C21H25FN6O3S2. The zero-order chi connectivity index (χ0) is 23.0. The van der Waals surface area contributed by atoms with E-state index in [1.54, 1.807) is 17.4 Å². The summed E-state index contributed by atoms with van der Waals surface area (Å²) in [5, 5.41) is 0. The molecule has 33 heavy (non-hydrogen) atoms. The number of aromatic nitrogens is 3. The summed E-state index contributed by atoms with van der Waals surface area (Å²) in [6.45, 7) is 5.83. The van der Waals surface area contributed by atoms with Crippen molar-refractivity contribution in [1.29, 1.82) is 0 Å². The maximum Gasteiger partial charge on any atom is 0.213 e. The normalized spacial score (nSPS) is 18.8. The van der Waals surface area contributed by atoms with Crippen LogP contribution in [0.3, 0.4) is 0 Å². The number of morpholine rings is 1. The molecule has 2 saturated heterocycles. The average Bonchev–Trinajstić information content (AvgIpc) is 3.21. The predicted octanol–water partition coefficient (Wildman–Crippen LogP) is 1.81. The van der Waals surface area contributed by atoms with Crippen molar-refractivity contribution in [2.75, 3.05) is 63.6 Å². The Kier molecular flexibility index (Phi) is 6.27. The molecule has 2 aliphatic heterocycles. The summed E-state index contributed by atoms with van der Waals surface area (Å²) in [5.41, 5.74) is 1.41. The second-order valence-corrected chi connectivity index (χ2v) is 11.3. The van der Waals surface area contributed by atoms with Gasteiger partial charge in [-0.05, 0) is 12.1 Å². The molecule has 5 rings (SSSR count). The Balaban J connectivity index is 1.45. The van der Waals surface area contributed by atoms with Crippen LogP contribution in [0.5, 0.6) is 0 Å². The van der Waals surface area contributed by atoms with Gasteiger partial charge in [-0.15, -0.1) is 11.3 Å². The standard InChI is InChI=1S/C21H25FN6O3S2/c1-33(29,30)28-6-4-26(5-7-28)14-16-13-17-19(32-16)21(27-8-10-31-11-9-27)25-20(24-17)15-2-3-23-18(22)12-15/h2-3,12-13H,4-11,14H2,1H3. The number of fused-ring (bicyclic) bond motifs is 1. The van der Waals surface area contributed by atoms with Crippen molar-refractivity contribution in [3.63, 3.8) is 0 Å². The highest BCUT2D eigenvalue weighted by atomic mass is 32.2. The molecular weight excluding hydrogens is 467 g/mol. The lowest BCUT2D eigenvalue weighted by Gasteiger charge is -2.32. The van der Waals surface area contributed by atoms with Crippen LogP contribution in [-0.4, -0.2) is 91.3 Å². The summed E-state index contributed by atoms with van der Waals surface area (Å²) in [5.74, 6) is 0.744. The van der Waals surface area contributed by atoms with Gasteiger partial charge in [-0.25, -0.2) is 23.4 Å². The first-order valence-electron chi connectivity index (χ1n) is 10.8. The zero-order valence-electron chi connectivity index (χ0n) is 18.3. The zero-order valence-corrected chi connectivity index (χ0v) is 19.9. The van der Waals surface area contributed by atoms with E-state index < -0.39 is 16.0 Å². The van der Waals surface area contributed by atoms with Crippen LogP contribution in [0, 0.1) is 5.95 Å². The van der Waals surface area contributed by atoms with Gasteiger partial charge in [0.1, 0.15) is 0 Å². The Morgan fingerprint density at radius 2 is 1.85 bits per heavy atom. The Labute approximate surface area is 195 Å². The van der Waals surface area contributed by atoms with E-state index in [-0.39, 0.29) is 0 Å². The molecule has 0 bridgehead atoms. The van der Waals surface area contributed by atoms with Crippen molar-refractivity contribution in [2.45, 2.75) is 6.54 Å². The minimum absolute atomic E-state index is 0.469. The van der Waals surface area contributed by atoms with Crippen molar-refractivity contribution in [2.24, 2.45) is 0 Å². The van der Waals surface area contributed by atoms with Crippen LogP contribution < -0.4 is 4.90 Å². The topological polar surface area (TPSA) is 91.8 Å². The number of sulfonamides is 1. The summed E-state index contributed by atoms with van der Waals surface area (Å²) in [7, 11) is -3.15. The van der Waals surface area contributed by atoms with Crippen molar-refractivity contribution >= 4 is 37.4 Å². The highest BCUT2D eigenvalue weighted by molar-refractivity contribution is 7.88. The first-order valence-corrected chi connectivity index (χ1v) is 13.5. The summed E-state index contributed by atoms with van der Waals surface area (Å²) in [6.07, 6.45) is 2.68. The van der Waals surface area contributed by atoms with E-state index in [0.29, 0.717) is 50.8 Å². The molecule has 0 radical (unpaired) electrons. The van der Waals surface area contributed by atoms with Gasteiger partial charge in [0.25, 0.3) is 0 Å². The number of nitrogens with zero attached hydrogens (tertiary/aromatic N) is 6. The molecule has 0 aromatic carbocycles. The Bertz CT molecular complexity index is 1250. The number of halogens is 1. The highest BCUT2D eigenvalue weighted by Gasteiger charge is 2.25. The van der Waals surface area contributed by atoms with Gasteiger partial charge in [0.05, 0.1) is 29.7 Å². The molecule has 0 saturated carbocycles. The molecule has 0 atom stereocenters. The van der Waals surface area contributed by atoms with Crippen LogP contribution in [0.1, 0.15) is 4.88 Å². The van der Waals surface area contributed by atoms with Crippen molar-refractivity contribution in [3.05, 3.63) is 35.2 Å². The predicted molar refractivity (Wildman–Crippen MR) is 125 cm³/mol. The number of piperazine rings is 1. The lowest BCUT2D eigenvalue weighted by atomic mass is 10.2. The van der Waals surface area contributed by atoms with E-state index in [9.17, 15) is 12.8 Å². The lowest BCUT2D eigenvalue weighted by molar-refractivity contribution is 0.122. The van der Waals surface area contributed by atoms with E-state index in [4.69, 9.17) is 14.7 Å². The number of hydrogen-bond donors (Lipinski definition) is 0. The van der Waals surface area contributed by atoms with Crippen LogP contribution in [0.25, 0.3) is 21.6 Å². The molecule has 0 aliphatic carbocycles. The molecule has 0 spiro atoms. The van der Waals surface area contributed by atoms with Gasteiger partial charge in [0.2, 0.25) is 16.0 Å². The van der Waals surface area contributed by atoms with Crippen LogP contribution in [0.15, 0.2) is 24.4 Å². The van der Waals surface area contributed by atoms with Crippen LogP contribution in [0.2, 0.25) is 0 Å². The fraction of sp³-hybridized carbons (Fsp3) is 0.476. The first kappa shape index (κ1) is 22.5. The van der Waals surface area contributed by atoms with Gasteiger partial charge < -0.3 is 9.64 Å². The number of hydrogen-bond acceptors (Lipinski definition) is 9. The van der Waals surface area contributed by atoms with E-state index in [2.05, 4.69) is 20.9 Å². The summed E-state index contributed by atoms with van der Waals surface area (Å²) in [4.78, 5) is 18.8. The van der Waals surface area contributed by atoms with Crippen LogP contribution >= 0.6 is 11.3 Å². The third-order valence-corrected chi connectivity index (χ3v) is 8.29. The highest BCUT2D eigenvalue weighted by Crippen LogP contribution is 2.35. The number of pyridine rings is 1. The Morgan fingerprint density at radius 3 is 2.55 bits per heavy atom. The van der Waals surface area contributed by atoms with Gasteiger partial charge in [-0.3, -0.25) is 4.90 Å². The first-order chi connectivity index (χ1) is 15.9. The molecule has 2 aliphatic rings. The smallest absolute Gasteiger partial charge is 0.213 e. The Hall–Kier alpha value is -2.25. The van der Waals surface area contributed by atoms with Gasteiger partial charge in [-0.2, -0.15) is 8.70 Å². The van der Waals surface area contributed by atoms with E-state index in [0.717, 1.165) is 40.5 Å². The summed E-state index contributed by atoms with van der Waals surface area (Å²) < 4.78 is 45.3. The molecule has 5 heterocycles. The van der Waals surface area contributed by atoms with Gasteiger partial charge in [0, 0.05) is 68.5 Å². The summed E-state index contributed by atoms with van der Waals surface area (Å²) >= 11 is 1.66. The minimum Gasteiger partial charge on any atom is -0.378 e. The van der Waals surface area contributed by atoms with Crippen molar-refractivity contribution in [1.82, 2.24) is 24.2 Å². The second kappa shape index (κ2) is 9.18. The number of anilines is 1. The molecule has 3 aromatic heterocycles. The van der Waals surface area contributed by atoms with Crippen molar-refractivity contribution in [3.8, 4) is 11.4 Å².